The summed E-state index contributed by atoms with van der Waals surface area (Å²) in [5.74, 6) is 0. The van der Waals surface area contributed by atoms with Gasteiger partial charge in [0.15, 0.2) is 0 Å². The quantitative estimate of drug-likeness (QED) is 0.768. The van der Waals surface area contributed by atoms with Crippen molar-refractivity contribution >= 4 is 6.09 Å². The molecular weight excluding hydrogens is 216 g/mol. The van der Waals surface area contributed by atoms with Crippen LogP contribution in [0, 0.1) is 5.41 Å². The van der Waals surface area contributed by atoms with E-state index in [1.54, 1.807) is 4.90 Å². The van der Waals surface area contributed by atoms with Gasteiger partial charge >= 0.3 is 6.09 Å². The van der Waals surface area contributed by atoms with Crippen molar-refractivity contribution in [2.24, 2.45) is 11.1 Å². The molecule has 100 valence electrons. The molecule has 1 aliphatic heterocycles. The maximum Gasteiger partial charge on any atom is 0.410 e. The molecular formula is C13H26N2O2. The van der Waals surface area contributed by atoms with Crippen molar-refractivity contribution in [3.05, 3.63) is 0 Å². The van der Waals surface area contributed by atoms with E-state index in [2.05, 4.69) is 13.8 Å². The highest BCUT2D eigenvalue weighted by Crippen LogP contribution is 2.32. The maximum absolute atomic E-state index is 12.1. The lowest BCUT2D eigenvalue weighted by Gasteiger charge is -2.43. The summed E-state index contributed by atoms with van der Waals surface area (Å²) < 4.78 is 5.43. The standard InChI is InChI=1S/C13H26N2O2/c1-12(2,3)17-11(16)15-9-13(4,5)7-6-10(15)8-14/h10H,6-9,14H2,1-5H3/t10-/m1/s1. The van der Waals surface area contributed by atoms with E-state index in [1.165, 1.54) is 0 Å². The van der Waals surface area contributed by atoms with E-state index in [0.29, 0.717) is 6.54 Å². The maximum atomic E-state index is 12.1. The van der Waals surface area contributed by atoms with Crippen molar-refractivity contribution in [3.8, 4) is 0 Å². The van der Waals surface area contributed by atoms with Crippen molar-refractivity contribution in [1.29, 1.82) is 0 Å². The highest BCUT2D eigenvalue weighted by atomic mass is 16.6. The molecule has 0 aromatic rings. The van der Waals surface area contributed by atoms with Gasteiger partial charge in [-0.2, -0.15) is 0 Å². The highest BCUT2D eigenvalue weighted by Gasteiger charge is 2.36. The number of amides is 1. The molecule has 1 aliphatic rings. The molecule has 0 aromatic heterocycles. The Morgan fingerprint density at radius 1 is 1.47 bits per heavy atom. The van der Waals surface area contributed by atoms with E-state index in [-0.39, 0.29) is 17.6 Å². The summed E-state index contributed by atoms with van der Waals surface area (Å²) in [6.07, 6.45) is 1.83. The van der Waals surface area contributed by atoms with Gasteiger partial charge in [0.25, 0.3) is 0 Å². The zero-order valence-electron chi connectivity index (χ0n) is 11.7. The smallest absolute Gasteiger partial charge is 0.410 e. The van der Waals surface area contributed by atoms with E-state index in [0.717, 1.165) is 19.4 Å². The van der Waals surface area contributed by atoms with Gasteiger partial charge < -0.3 is 15.4 Å². The molecule has 0 radical (unpaired) electrons. The van der Waals surface area contributed by atoms with E-state index in [4.69, 9.17) is 10.5 Å². The second kappa shape index (κ2) is 4.84. The number of nitrogens with two attached hydrogens (primary N) is 1. The summed E-state index contributed by atoms with van der Waals surface area (Å²) in [5.41, 5.74) is 5.44. The van der Waals surface area contributed by atoms with Crippen LogP contribution in [0.1, 0.15) is 47.5 Å². The second-order valence-corrected chi connectivity index (χ2v) is 6.70. The van der Waals surface area contributed by atoms with Crippen LogP contribution in [0.5, 0.6) is 0 Å². The van der Waals surface area contributed by atoms with Crippen molar-refractivity contribution in [2.45, 2.75) is 59.1 Å². The molecule has 1 amide bonds. The molecule has 0 aromatic carbocycles. The predicted molar refractivity (Wildman–Crippen MR) is 68.8 cm³/mol. The normalized spacial score (nSPS) is 24.6. The largest absolute Gasteiger partial charge is 0.444 e. The number of hydrogen-bond donors (Lipinski definition) is 1. The summed E-state index contributed by atoms with van der Waals surface area (Å²) in [5, 5.41) is 0. The Balaban J connectivity index is 2.73. The number of ether oxygens (including phenoxy) is 1. The number of likely N-dealkylation sites (tertiary alicyclic amines) is 1. The Bertz CT molecular complexity index is 282. The summed E-state index contributed by atoms with van der Waals surface area (Å²) >= 11 is 0. The number of carbonyl (C=O) groups is 1. The van der Waals surface area contributed by atoms with Crippen molar-refractivity contribution < 1.29 is 9.53 Å². The summed E-state index contributed by atoms with van der Waals surface area (Å²) in [6.45, 7) is 11.2. The minimum Gasteiger partial charge on any atom is -0.444 e. The van der Waals surface area contributed by atoms with Crippen molar-refractivity contribution in [3.63, 3.8) is 0 Å². The van der Waals surface area contributed by atoms with Gasteiger partial charge in [0.05, 0.1) is 0 Å². The van der Waals surface area contributed by atoms with E-state index in [1.807, 2.05) is 20.8 Å². The first-order chi connectivity index (χ1) is 7.64. The molecule has 0 unspecified atom stereocenters. The third-order valence-corrected chi connectivity index (χ3v) is 3.09. The number of piperidine rings is 1. The first kappa shape index (κ1) is 14.3. The summed E-state index contributed by atoms with van der Waals surface area (Å²) in [6, 6.07) is 0.123. The van der Waals surface area contributed by atoms with Gasteiger partial charge in [0.2, 0.25) is 0 Å². The molecule has 0 saturated carbocycles. The third-order valence-electron chi connectivity index (χ3n) is 3.09. The Morgan fingerprint density at radius 3 is 2.53 bits per heavy atom. The fourth-order valence-electron chi connectivity index (χ4n) is 2.16. The van der Waals surface area contributed by atoms with Crippen LogP contribution >= 0.6 is 0 Å². The topological polar surface area (TPSA) is 55.6 Å². The molecule has 0 spiro atoms. The Hall–Kier alpha value is -0.770. The highest BCUT2D eigenvalue weighted by molar-refractivity contribution is 5.68. The van der Waals surface area contributed by atoms with E-state index < -0.39 is 5.60 Å². The number of nitrogens with zero attached hydrogens (tertiary/aromatic N) is 1. The molecule has 1 fully saturated rings. The third kappa shape index (κ3) is 4.19. The van der Waals surface area contributed by atoms with Gasteiger partial charge in [-0.25, -0.2) is 4.79 Å². The molecule has 0 aliphatic carbocycles. The molecule has 0 bridgehead atoms. The minimum absolute atomic E-state index is 0.123. The molecule has 4 nitrogen and oxygen atoms in total. The number of carbonyl (C=O) groups excluding carboxylic acids is 1. The number of hydrogen-bond acceptors (Lipinski definition) is 3. The van der Waals surface area contributed by atoms with Crippen LogP contribution in [0.15, 0.2) is 0 Å². The predicted octanol–water partition coefficient (Wildman–Crippen LogP) is 2.37. The van der Waals surface area contributed by atoms with Gasteiger partial charge in [-0.1, -0.05) is 13.8 Å². The zero-order valence-corrected chi connectivity index (χ0v) is 11.7. The van der Waals surface area contributed by atoms with Crippen LogP contribution in [0.3, 0.4) is 0 Å². The van der Waals surface area contributed by atoms with Gasteiger partial charge in [-0.3, -0.25) is 0 Å². The van der Waals surface area contributed by atoms with Crippen LogP contribution in [-0.2, 0) is 4.74 Å². The zero-order chi connectivity index (χ0) is 13.3. The fourth-order valence-corrected chi connectivity index (χ4v) is 2.16. The summed E-state index contributed by atoms with van der Waals surface area (Å²) in [7, 11) is 0. The average molecular weight is 242 g/mol. The molecule has 2 N–H and O–H groups in total. The Morgan fingerprint density at radius 2 is 2.06 bits per heavy atom. The average Bonchev–Trinajstić information content (AvgIpc) is 2.13. The van der Waals surface area contributed by atoms with E-state index >= 15 is 0 Å². The van der Waals surface area contributed by atoms with Crippen LogP contribution in [0.4, 0.5) is 4.79 Å². The molecule has 1 atom stereocenters. The second-order valence-electron chi connectivity index (χ2n) is 6.70. The van der Waals surface area contributed by atoms with Crippen LogP contribution in [0.25, 0.3) is 0 Å². The van der Waals surface area contributed by atoms with Crippen LogP contribution < -0.4 is 5.73 Å². The Labute approximate surface area is 104 Å². The molecule has 1 heterocycles. The lowest BCUT2D eigenvalue weighted by Crippen LogP contribution is -2.53. The monoisotopic (exact) mass is 242 g/mol. The molecule has 4 heteroatoms. The van der Waals surface area contributed by atoms with Crippen LogP contribution in [0.2, 0.25) is 0 Å². The van der Waals surface area contributed by atoms with Crippen molar-refractivity contribution in [1.82, 2.24) is 4.90 Å². The van der Waals surface area contributed by atoms with Gasteiger partial charge in [0, 0.05) is 19.1 Å². The lowest BCUT2D eigenvalue weighted by atomic mass is 9.81. The first-order valence-corrected chi connectivity index (χ1v) is 6.34. The van der Waals surface area contributed by atoms with Gasteiger partial charge in [-0.05, 0) is 39.0 Å². The van der Waals surface area contributed by atoms with Crippen LogP contribution in [-0.4, -0.2) is 35.7 Å². The SMILES string of the molecule is CC1(C)CC[C@H](CN)N(C(=O)OC(C)(C)C)C1. The van der Waals surface area contributed by atoms with E-state index in [9.17, 15) is 4.79 Å². The molecule has 17 heavy (non-hydrogen) atoms. The summed E-state index contributed by atoms with van der Waals surface area (Å²) in [4.78, 5) is 13.9. The van der Waals surface area contributed by atoms with Gasteiger partial charge in [0.1, 0.15) is 5.60 Å². The minimum atomic E-state index is -0.447. The number of rotatable bonds is 1. The fraction of sp³-hybridized carbons (Fsp3) is 0.923. The molecule has 1 rings (SSSR count). The van der Waals surface area contributed by atoms with Crippen molar-refractivity contribution in [2.75, 3.05) is 13.1 Å². The lowest BCUT2D eigenvalue weighted by molar-refractivity contribution is -0.00594. The first-order valence-electron chi connectivity index (χ1n) is 6.34. The van der Waals surface area contributed by atoms with Gasteiger partial charge in [-0.15, -0.1) is 0 Å². The Kier molecular flexibility index (Phi) is 4.07. The molecule has 1 saturated heterocycles.